The number of Topliss-reactive ketones (excluding diaryl/α,β-unsaturated/α-hetero) is 1. The van der Waals surface area contributed by atoms with Crippen LogP contribution in [0.5, 0.6) is 0 Å². The van der Waals surface area contributed by atoms with E-state index in [0.717, 1.165) is 11.1 Å². The lowest BCUT2D eigenvalue weighted by atomic mass is 9.78. The van der Waals surface area contributed by atoms with Crippen LogP contribution < -0.4 is 5.73 Å². The smallest absolute Gasteiger partial charge is 0.205 e. The van der Waals surface area contributed by atoms with E-state index in [2.05, 4.69) is 11.1 Å². The Labute approximate surface area is 155 Å². The summed E-state index contributed by atoms with van der Waals surface area (Å²) in [4.78, 5) is 16.9. The fourth-order valence-corrected chi connectivity index (χ4v) is 3.61. The molecule has 2 aromatic rings. The van der Waals surface area contributed by atoms with Crippen molar-refractivity contribution in [2.24, 2.45) is 5.73 Å². The number of carbonyl (C=O) groups is 1. The number of nitriles is 1. The van der Waals surface area contributed by atoms with E-state index in [9.17, 15) is 14.4 Å². The molecular weight excluding hydrogens is 345 g/mol. The highest BCUT2D eigenvalue weighted by Gasteiger charge is 2.38. The van der Waals surface area contributed by atoms with E-state index in [1.54, 1.807) is 24.5 Å². The molecule has 1 aliphatic heterocycles. The van der Waals surface area contributed by atoms with Gasteiger partial charge in [-0.2, -0.15) is 5.26 Å². The van der Waals surface area contributed by atoms with Crippen molar-refractivity contribution in [2.45, 2.75) is 25.2 Å². The van der Waals surface area contributed by atoms with Crippen molar-refractivity contribution in [3.63, 3.8) is 0 Å². The SMILES string of the molecule is N#CC1=C(N)OC2=C(C(=O)CCC2)[C@@H]1c1cncc(-c2ccc(F)cc2)c1. The van der Waals surface area contributed by atoms with Gasteiger partial charge < -0.3 is 10.5 Å². The monoisotopic (exact) mass is 361 g/mol. The lowest BCUT2D eigenvalue weighted by Gasteiger charge is -2.30. The molecule has 6 heteroatoms. The summed E-state index contributed by atoms with van der Waals surface area (Å²) in [6, 6.07) is 10.0. The van der Waals surface area contributed by atoms with Crippen LogP contribution in [-0.2, 0) is 9.53 Å². The van der Waals surface area contributed by atoms with Crippen LogP contribution in [0.1, 0.15) is 30.7 Å². The lowest BCUT2D eigenvalue weighted by molar-refractivity contribution is -0.116. The molecule has 4 rings (SSSR count). The molecule has 2 heterocycles. The number of aromatic nitrogens is 1. The van der Waals surface area contributed by atoms with Gasteiger partial charge >= 0.3 is 0 Å². The van der Waals surface area contributed by atoms with Crippen molar-refractivity contribution in [1.29, 1.82) is 5.26 Å². The Morgan fingerprint density at radius 2 is 1.96 bits per heavy atom. The Hall–Kier alpha value is -3.46. The van der Waals surface area contributed by atoms with E-state index in [1.807, 2.05) is 6.07 Å². The highest BCUT2D eigenvalue weighted by molar-refractivity contribution is 5.99. The molecule has 0 saturated heterocycles. The van der Waals surface area contributed by atoms with Crippen molar-refractivity contribution >= 4 is 5.78 Å². The third-order valence-corrected chi connectivity index (χ3v) is 4.88. The van der Waals surface area contributed by atoms with E-state index in [0.29, 0.717) is 36.2 Å². The van der Waals surface area contributed by atoms with Gasteiger partial charge in [0.25, 0.3) is 0 Å². The first-order valence-corrected chi connectivity index (χ1v) is 8.63. The van der Waals surface area contributed by atoms with Crippen LogP contribution in [0, 0.1) is 17.1 Å². The fourth-order valence-electron chi connectivity index (χ4n) is 3.61. The maximum absolute atomic E-state index is 13.2. The molecule has 1 aliphatic carbocycles. The van der Waals surface area contributed by atoms with Gasteiger partial charge in [0.1, 0.15) is 23.2 Å². The Morgan fingerprint density at radius 1 is 1.19 bits per heavy atom. The van der Waals surface area contributed by atoms with Crippen molar-refractivity contribution in [3.05, 3.63) is 76.9 Å². The molecule has 1 aromatic carbocycles. The van der Waals surface area contributed by atoms with Crippen LogP contribution in [-0.4, -0.2) is 10.8 Å². The summed E-state index contributed by atoms with van der Waals surface area (Å²) in [6.07, 6.45) is 5.02. The number of pyridine rings is 1. The van der Waals surface area contributed by atoms with Gasteiger partial charge in [0.15, 0.2) is 5.78 Å². The van der Waals surface area contributed by atoms with Gasteiger partial charge in [0, 0.05) is 36.4 Å². The Morgan fingerprint density at radius 3 is 2.70 bits per heavy atom. The maximum atomic E-state index is 13.2. The summed E-state index contributed by atoms with van der Waals surface area (Å²) in [5, 5.41) is 9.62. The van der Waals surface area contributed by atoms with Gasteiger partial charge in [-0.05, 0) is 35.7 Å². The zero-order chi connectivity index (χ0) is 19.0. The molecule has 27 heavy (non-hydrogen) atoms. The van der Waals surface area contributed by atoms with Crippen molar-refractivity contribution in [1.82, 2.24) is 4.98 Å². The van der Waals surface area contributed by atoms with Crippen LogP contribution in [0.25, 0.3) is 11.1 Å². The molecule has 0 unspecified atom stereocenters. The average Bonchev–Trinajstić information content (AvgIpc) is 2.68. The standard InChI is InChI=1S/C21H16FN3O2/c22-15-6-4-12(5-7-15)13-8-14(11-25-10-13)19-16(9-23)21(24)27-18-3-1-2-17(26)20(18)19/h4-8,10-11,19H,1-3,24H2/t19-/m1/s1. The van der Waals surface area contributed by atoms with Crippen LogP contribution in [0.15, 0.2) is 65.5 Å². The van der Waals surface area contributed by atoms with Crippen LogP contribution in [0.3, 0.4) is 0 Å². The predicted molar refractivity (Wildman–Crippen MR) is 96.2 cm³/mol. The second kappa shape index (κ2) is 6.69. The number of allylic oxidation sites excluding steroid dienone is 3. The molecule has 0 radical (unpaired) electrons. The third kappa shape index (κ3) is 2.97. The van der Waals surface area contributed by atoms with Crippen LogP contribution in [0.2, 0.25) is 0 Å². The van der Waals surface area contributed by atoms with E-state index in [1.165, 1.54) is 12.1 Å². The number of halogens is 1. The van der Waals surface area contributed by atoms with Gasteiger partial charge in [-0.3, -0.25) is 9.78 Å². The number of nitrogens with two attached hydrogens (primary N) is 1. The quantitative estimate of drug-likeness (QED) is 0.881. The maximum Gasteiger partial charge on any atom is 0.205 e. The first-order valence-electron chi connectivity index (χ1n) is 8.63. The topological polar surface area (TPSA) is 89.0 Å². The number of ketones is 1. The number of nitrogens with zero attached hydrogens (tertiary/aromatic N) is 2. The first-order chi connectivity index (χ1) is 13.1. The number of hydrogen-bond donors (Lipinski definition) is 1. The molecule has 0 spiro atoms. The van der Waals surface area contributed by atoms with Gasteiger partial charge in [0.2, 0.25) is 5.88 Å². The van der Waals surface area contributed by atoms with Crippen LogP contribution >= 0.6 is 0 Å². The molecule has 0 amide bonds. The molecule has 134 valence electrons. The van der Waals surface area contributed by atoms with Crippen molar-refractivity contribution < 1.29 is 13.9 Å². The second-order valence-corrected chi connectivity index (χ2v) is 6.55. The zero-order valence-corrected chi connectivity index (χ0v) is 14.4. The molecule has 0 saturated carbocycles. The predicted octanol–water partition coefficient (Wildman–Crippen LogP) is 3.70. The van der Waals surface area contributed by atoms with Gasteiger partial charge in [-0.25, -0.2) is 4.39 Å². The first kappa shape index (κ1) is 17.0. The number of benzene rings is 1. The molecule has 0 bridgehead atoms. The summed E-state index contributed by atoms with van der Waals surface area (Å²) in [7, 11) is 0. The largest absolute Gasteiger partial charge is 0.444 e. The van der Waals surface area contributed by atoms with Gasteiger partial charge in [-0.15, -0.1) is 0 Å². The molecule has 1 atom stereocenters. The fraction of sp³-hybridized carbons (Fsp3) is 0.190. The molecule has 0 fully saturated rings. The van der Waals surface area contributed by atoms with E-state index in [4.69, 9.17) is 10.5 Å². The summed E-state index contributed by atoms with van der Waals surface area (Å²) in [5.41, 5.74) is 8.90. The summed E-state index contributed by atoms with van der Waals surface area (Å²) >= 11 is 0. The molecule has 5 nitrogen and oxygen atoms in total. The Bertz CT molecular complexity index is 1030. The third-order valence-electron chi connectivity index (χ3n) is 4.88. The minimum absolute atomic E-state index is 0.0307. The minimum Gasteiger partial charge on any atom is -0.444 e. The zero-order valence-electron chi connectivity index (χ0n) is 14.4. The van der Waals surface area contributed by atoms with Crippen molar-refractivity contribution in [2.75, 3.05) is 0 Å². The molecule has 2 aliphatic rings. The molecule has 2 N–H and O–H groups in total. The van der Waals surface area contributed by atoms with Gasteiger partial charge in [-0.1, -0.05) is 12.1 Å². The van der Waals surface area contributed by atoms with E-state index >= 15 is 0 Å². The Balaban J connectivity index is 1.85. The van der Waals surface area contributed by atoms with E-state index in [-0.39, 0.29) is 23.1 Å². The van der Waals surface area contributed by atoms with Crippen molar-refractivity contribution in [3.8, 4) is 17.2 Å². The lowest BCUT2D eigenvalue weighted by Crippen LogP contribution is -2.27. The number of hydrogen-bond acceptors (Lipinski definition) is 5. The number of ether oxygens (including phenoxy) is 1. The van der Waals surface area contributed by atoms with Gasteiger partial charge in [0.05, 0.1) is 5.92 Å². The summed E-state index contributed by atoms with van der Waals surface area (Å²) in [6.45, 7) is 0. The average molecular weight is 361 g/mol. The molecular formula is C21H16FN3O2. The second-order valence-electron chi connectivity index (χ2n) is 6.55. The number of rotatable bonds is 2. The summed E-state index contributed by atoms with van der Waals surface area (Å²) < 4.78 is 18.8. The molecule has 1 aromatic heterocycles. The minimum atomic E-state index is -0.598. The normalized spacial score (nSPS) is 19.4. The highest BCUT2D eigenvalue weighted by Crippen LogP contribution is 2.43. The summed E-state index contributed by atoms with van der Waals surface area (Å²) in [5.74, 6) is -0.381. The number of carbonyl (C=O) groups excluding carboxylic acids is 1. The highest BCUT2D eigenvalue weighted by atomic mass is 19.1. The van der Waals surface area contributed by atoms with Crippen LogP contribution in [0.4, 0.5) is 4.39 Å². The van der Waals surface area contributed by atoms with E-state index < -0.39 is 5.92 Å². The Kier molecular flexibility index (Phi) is 4.21.